The van der Waals surface area contributed by atoms with E-state index in [9.17, 15) is 0 Å². The van der Waals surface area contributed by atoms with Crippen LogP contribution in [0.1, 0.15) is 38.5 Å². The van der Waals surface area contributed by atoms with Crippen molar-refractivity contribution < 1.29 is 14.6 Å². The van der Waals surface area contributed by atoms with E-state index in [-0.39, 0.29) is 12.9 Å². The predicted molar refractivity (Wildman–Crippen MR) is 58.3 cm³/mol. The van der Waals surface area contributed by atoms with E-state index in [2.05, 4.69) is 11.8 Å². The predicted octanol–water partition coefficient (Wildman–Crippen LogP) is 1.70. The summed E-state index contributed by atoms with van der Waals surface area (Å²) in [5.74, 6) is 5.52. The summed E-state index contributed by atoms with van der Waals surface area (Å²) in [4.78, 5) is 0. The van der Waals surface area contributed by atoms with Crippen LogP contribution in [-0.2, 0) is 9.47 Å². The number of rotatable bonds is 5. The second-order valence-electron chi connectivity index (χ2n) is 3.64. The number of unbranched alkanes of at least 4 members (excludes halogenated alkanes) is 2. The van der Waals surface area contributed by atoms with Gasteiger partial charge in [-0.25, -0.2) is 0 Å². The molecular weight excluding hydrogens is 192 g/mol. The summed E-state index contributed by atoms with van der Waals surface area (Å²) in [6, 6.07) is 0. The van der Waals surface area contributed by atoms with Crippen molar-refractivity contribution in [1.29, 1.82) is 0 Å². The minimum atomic E-state index is -0.0353. The van der Waals surface area contributed by atoms with Crippen molar-refractivity contribution in [2.75, 3.05) is 19.8 Å². The smallest absolute Gasteiger partial charge is 0.157 e. The largest absolute Gasteiger partial charge is 0.384 e. The molecule has 0 aromatic rings. The molecule has 1 heterocycles. The third kappa shape index (κ3) is 6.51. The summed E-state index contributed by atoms with van der Waals surface area (Å²) in [7, 11) is 0. The Hall–Kier alpha value is -0.560. The van der Waals surface area contributed by atoms with Crippen LogP contribution < -0.4 is 0 Å². The fourth-order valence-corrected chi connectivity index (χ4v) is 1.52. The van der Waals surface area contributed by atoms with Crippen LogP contribution in [0.25, 0.3) is 0 Å². The van der Waals surface area contributed by atoms with E-state index in [0.717, 1.165) is 45.3 Å². The van der Waals surface area contributed by atoms with E-state index in [1.807, 2.05) is 0 Å². The molecule has 1 unspecified atom stereocenters. The lowest BCUT2D eigenvalue weighted by atomic mass is 10.2. The second kappa shape index (κ2) is 8.72. The lowest BCUT2D eigenvalue weighted by Gasteiger charge is -2.22. The Labute approximate surface area is 91.8 Å². The van der Waals surface area contributed by atoms with E-state index >= 15 is 0 Å². The lowest BCUT2D eigenvalue weighted by Crippen LogP contribution is -2.22. The summed E-state index contributed by atoms with van der Waals surface area (Å²) in [6.45, 7) is 1.56. The first-order valence-corrected chi connectivity index (χ1v) is 5.73. The number of ether oxygens (including phenoxy) is 2. The fourth-order valence-electron chi connectivity index (χ4n) is 1.52. The van der Waals surface area contributed by atoms with Crippen molar-refractivity contribution in [2.45, 2.75) is 44.8 Å². The Bertz CT molecular complexity index is 199. The minimum Gasteiger partial charge on any atom is -0.384 e. The normalized spacial score (nSPS) is 20.7. The number of aliphatic hydroxyl groups excluding tert-OH is 1. The first-order chi connectivity index (χ1) is 7.43. The number of aliphatic hydroxyl groups is 1. The molecule has 0 aliphatic carbocycles. The first kappa shape index (κ1) is 12.5. The Morgan fingerprint density at radius 3 is 2.93 bits per heavy atom. The highest BCUT2D eigenvalue weighted by molar-refractivity contribution is 4.98. The first-order valence-electron chi connectivity index (χ1n) is 5.73. The van der Waals surface area contributed by atoms with Gasteiger partial charge >= 0.3 is 0 Å². The third-order valence-corrected chi connectivity index (χ3v) is 2.34. The molecule has 0 radical (unpaired) electrons. The van der Waals surface area contributed by atoms with Gasteiger partial charge in [-0.05, 0) is 32.1 Å². The molecule has 0 aromatic heterocycles. The molecular formula is C12H20O3. The Morgan fingerprint density at radius 1 is 1.27 bits per heavy atom. The standard InChI is InChI=1S/C12H20O3/c13-9-5-2-1-3-6-10-14-12-8-4-7-11-15-12/h12-13H,1,3-4,6-11H2. The van der Waals surface area contributed by atoms with Crippen LogP contribution in [0, 0.1) is 11.8 Å². The molecule has 0 bridgehead atoms. The highest BCUT2D eigenvalue weighted by Gasteiger charge is 2.12. The van der Waals surface area contributed by atoms with Crippen molar-refractivity contribution in [3.63, 3.8) is 0 Å². The monoisotopic (exact) mass is 212 g/mol. The maximum Gasteiger partial charge on any atom is 0.157 e. The van der Waals surface area contributed by atoms with Crippen molar-refractivity contribution in [3.8, 4) is 11.8 Å². The molecule has 1 saturated heterocycles. The van der Waals surface area contributed by atoms with Gasteiger partial charge in [0.25, 0.3) is 0 Å². The van der Waals surface area contributed by atoms with E-state index in [1.54, 1.807) is 0 Å². The highest BCUT2D eigenvalue weighted by Crippen LogP contribution is 2.13. The van der Waals surface area contributed by atoms with Crippen LogP contribution in [0.2, 0.25) is 0 Å². The van der Waals surface area contributed by atoms with Crippen LogP contribution in [0.15, 0.2) is 0 Å². The zero-order valence-electron chi connectivity index (χ0n) is 9.21. The zero-order valence-corrected chi connectivity index (χ0v) is 9.21. The van der Waals surface area contributed by atoms with Crippen molar-refractivity contribution in [1.82, 2.24) is 0 Å². The van der Waals surface area contributed by atoms with E-state index < -0.39 is 0 Å². The third-order valence-electron chi connectivity index (χ3n) is 2.34. The summed E-state index contributed by atoms with van der Waals surface area (Å²) in [5.41, 5.74) is 0. The summed E-state index contributed by atoms with van der Waals surface area (Å²) < 4.78 is 11.0. The van der Waals surface area contributed by atoms with E-state index in [1.165, 1.54) is 6.42 Å². The van der Waals surface area contributed by atoms with Crippen molar-refractivity contribution in [2.24, 2.45) is 0 Å². The molecule has 3 heteroatoms. The summed E-state index contributed by atoms with van der Waals surface area (Å²) in [6.07, 6.45) is 6.32. The molecule has 0 saturated carbocycles. The molecule has 0 aromatic carbocycles. The molecule has 1 N–H and O–H groups in total. The summed E-state index contributed by atoms with van der Waals surface area (Å²) >= 11 is 0. The maximum atomic E-state index is 8.42. The Kier molecular flexibility index (Phi) is 7.28. The average Bonchev–Trinajstić information content (AvgIpc) is 2.29. The van der Waals surface area contributed by atoms with Gasteiger partial charge in [0.05, 0.1) is 0 Å². The van der Waals surface area contributed by atoms with Gasteiger partial charge in [0.2, 0.25) is 0 Å². The fraction of sp³-hybridized carbons (Fsp3) is 0.833. The van der Waals surface area contributed by atoms with Crippen LogP contribution in [-0.4, -0.2) is 31.2 Å². The molecule has 1 rings (SSSR count). The van der Waals surface area contributed by atoms with Gasteiger partial charge in [0, 0.05) is 19.6 Å². The Balaban J connectivity index is 1.87. The average molecular weight is 212 g/mol. The van der Waals surface area contributed by atoms with Crippen molar-refractivity contribution >= 4 is 0 Å². The zero-order chi connectivity index (χ0) is 10.8. The van der Waals surface area contributed by atoms with Crippen molar-refractivity contribution in [3.05, 3.63) is 0 Å². The summed E-state index contributed by atoms with van der Waals surface area (Å²) in [5, 5.41) is 8.42. The molecule has 3 nitrogen and oxygen atoms in total. The molecule has 0 spiro atoms. The number of hydrogen-bond donors (Lipinski definition) is 1. The van der Waals surface area contributed by atoms with E-state index in [0.29, 0.717) is 0 Å². The number of hydrogen-bond acceptors (Lipinski definition) is 3. The molecule has 86 valence electrons. The van der Waals surface area contributed by atoms with Gasteiger partial charge in [-0.3, -0.25) is 0 Å². The molecule has 1 atom stereocenters. The highest BCUT2D eigenvalue weighted by atomic mass is 16.7. The molecule has 1 aliphatic rings. The maximum absolute atomic E-state index is 8.42. The quantitative estimate of drug-likeness (QED) is 0.557. The SMILES string of the molecule is OCC#CCCCCOC1CCCCO1. The molecule has 15 heavy (non-hydrogen) atoms. The second-order valence-corrected chi connectivity index (χ2v) is 3.64. The van der Waals surface area contributed by atoms with Gasteiger partial charge in [-0.2, -0.15) is 0 Å². The van der Waals surface area contributed by atoms with Gasteiger partial charge < -0.3 is 14.6 Å². The van der Waals surface area contributed by atoms with Crippen LogP contribution in [0.5, 0.6) is 0 Å². The van der Waals surface area contributed by atoms with Crippen LogP contribution >= 0.6 is 0 Å². The lowest BCUT2D eigenvalue weighted by molar-refractivity contribution is -0.162. The van der Waals surface area contributed by atoms with Gasteiger partial charge in [-0.15, -0.1) is 5.92 Å². The van der Waals surface area contributed by atoms with E-state index in [4.69, 9.17) is 14.6 Å². The topological polar surface area (TPSA) is 38.7 Å². The van der Waals surface area contributed by atoms with Crippen LogP contribution in [0.4, 0.5) is 0 Å². The minimum absolute atomic E-state index is 0.0299. The molecule has 1 fully saturated rings. The van der Waals surface area contributed by atoms with Gasteiger partial charge in [-0.1, -0.05) is 5.92 Å². The van der Waals surface area contributed by atoms with Crippen LogP contribution in [0.3, 0.4) is 0 Å². The Morgan fingerprint density at radius 2 is 2.20 bits per heavy atom. The van der Waals surface area contributed by atoms with Gasteiger partial charge in [0.15, 0.2) is 6.29 Å². The molecule has 1 aliphatic heterocycles. The van der Waals surface area contributed by atoms with Gasteiger partial charge in [0.1, 0.15) is 6.61 Å². The molecule has 0 amide bonds.